The smallest absolute Gasteiger partial charge is 0.328 e. The molecule has 4 aliphatic rings. The molecule has 36 heavy (non-hydrogen) atoms. The van der Waals surface area contributed by atoms with Gasteiger partial charge in [-0.25, -0.2) is 9.59 Å². The predicted molar refractivity (Wildman–Crippen MR) is 120 cm³/mol. The van der Waals surface area contributed by atoms with E-state index in [-0.39, 0.29) is 30.9 Å². The van der Waals surface area contributed by atoms with Crippen LogP contribution >= 0.6 is 0 Å². The van der Waals surface area contributed by atoms with Gasteiger partial charge in [0.1, 0.15) is 0 Å². The average molecular weight is 496 g/mol. The zero-order valence-corrected chi connectivity index (χ0v) is 19.2. The minimum absolute atomic E-state index is 0.0184. The van der Waals surface area contributed by atoms with Crippen molar-refractivity contribution < 1.29 is 38.6 Å². The number of nitrogens with two attached hydrogens (primary N) is 2. The van der Waals surface area contributed by atoms with Crippen molar-refractivity contribution in [2.75, 3.05) is 6.61 Å². The van der Waals surface area contributed by atoms with E-state index >= 15 is 0 Å². The van der Waals surface area contributed by atoms with E-state index in [1.165, 1.54) is 6.07 Å². The number of hydrogen-bond acceptors (Lipinski definition) is 8. The molecule has 188 valence electrons. The van der Waals surface area contributed by atoms with Crippen molar-refractivity contribution in [1.82, 2.24) is 9.80 Å². The van der Waals surface area contributed by atoms with Crippen LogP contribution in [0.4, 0.5) is 9.59 Å². The third kappa shape index (κ3) is 3.13. The highest BCUT2D eigenvalue weighted by Gasteiger charge is 2.63. The number of carbonyl (C=O) groups is 6. The van der Waals surface area contributed by atoms with Crippen LogP contribution < -0.4 is 16.2 Å². The summed E-state index contributed by atoms with van der Waals surface area (Å²) in [7, 11) is 0. The molecule has 0 bridgehead atoms. The van der Waals surface area contributed by atoms with Gasteiger partial charge in [0.15, 0.2) is 11.5 Å². The Morgan fingerprint density at radius 3 is 2.17 bits per heavy atom. The molecule has 1 aromatic carbocycles. The lowest BCUT2D eigenvalue weighted by atomic mass is 9.57. The molecule has 12 nitrogen and oxygen atoms in total. The summed E-state index contributed by atoms with van der Waals surface area (Å²) < 4.78 is 5.50. The number of allylic oxidation sites excluding steroid dienone is 2. The number of ether oxygens (including phenoxy) is 1. The molecule has 3 fully saturated rings. The molecular weight excluding hydrogens is 472 g/mol. The second kappa shape index (κ2) is 8.18. The molecular formula is C24H24N4O8. The first kappa shape index (κ1) is 23.5. The van der Waals surface area contributed by atoms with Gasteiger partial charge in [-0.05, 0) is 43.4 Å². The van der Waals surface area contributed by atoms with Gasteiger partial charge in [-0.1, -0.05) is 17.7 Å². The molecule has 0 radical (unpaired) electrons. The van der Waals surface area contributed by atoms with Crippen LogP contribution in [0.25, 0.3) is 0 Å². The first-order chi connectivity index (χ1) is 17.1. The Morgan fingerprint density at radius 2 is 1.56 bits per heavy atom. The van der Waals surface area contributed by atoms with Crippen LogP contribution in [0.2, 0.25) is 0 Å². The molecule has 2 saturated heterocycles. The van der Waals surface area contributed by atoms with Crippen LogP contribution in [0.3, 0.4) is 0 Å². The van der Waals surface area contributed by atoms with Crippen molar-refractivity contribution in [1.29, 1.82) is 0 Å². The highest BCUT2D eigenvalue weighted by molar-refractivity contribution is 6.18. The third-order valence-corrected chi connectivity index (χ3v) is 7.73. The molecule has 2 aliphatic heterocycles. The Morgan fingerprint density at radius 1 is 0.944 bits per heavy atom. The Labute approximate surface area is 204 Å². The summed E-state index contributed by atoms with van der Waals surface area (Å²) in [6.07, 6.45) is 1.92. The highest BCUT2D eigenvalue weighted by Crippen LogP contribution is 2.58. The summed E-state index contributed by atoms with van der Waals surface area (Å²) in [5.74, 6) is -8.06. The van der Waals surface area contributed by atoms with Crippen LogP contribution in [0.15, 0.2) is 29.8 Å². The topological polar surface area (TPSA) is 190 Å². The van der Waals surface area contributed by atoms with Crippen molar-refractivity contribution >= 4 is 35.7 Å². The number of rotatable bonds is 3. The van der Waals surface area contributed by atoms with E-state index in [0.29, 0.717) is 20.9 Å². The largest absolute Gasteiger partial charge is 0.504 e. The Hall–Kier alpha value is -4.22. The summed E-state index contributed by atoms with van der Waals surface area (Å²) in [5.41, 5.74) is 11.8. The van der Waals surface area contributed by atoms with Crippen molar-refractivity contribution in [3.63, 3.8) is 0 Å². The van der Waals surface area contributed by atoms with Crippen molar-refractivity contribution in [3.8, 4) is 11.5 Å². The number of amides is 8. The highest BCUT2D eigenvalue weighted by atomic mass is 16.5. The number of imide groups is 6. The quantitative estimate of drug-likeness (QED) is 0.400. The lowest BCUT2D eigenvalue weighted by Crippen LogP contribution is -2.44. The molecule has 2 heterocycles. The molecule has 0 aromatic heterocycles. The molecule has 6 atom stereocenters. The first-order valence-corrected chi connectivity index (χ1v) is 11.6. The summed E-state index contributed by atoms with van der Waals surface area (Å²) in [4.78, 5) is 77.1. The fraction of sp³-hybridized carbons (Fsp3) is 0.417. The number of urea groups is 2. The van der Waals surface area contributed by atoms with Crippen molar-refractivity contribution in [2.45, 2.75) is 25.7 Å². The number of primary amides is 2. The first-order valence-electron chi connectivity index (χ1n) is 11.6. The van der Waals surface area contributed by atoms with Gasteiger partial charge in [0.2, 0.25) is 23.6 Å². The number of phenols is 1. The Kier molecular flexibility index (Phi) is 5.34. The fourth-order valence-corrected chi connectivity index (χ4v) is 6.39. The standard InChI is InChI=1S/C24H24N4O8/c1-2-36-15-7-9(3-6-14(15)29)16-10-4-5-11-17(21(32)27(19(11)30)23(25)34)12(10)8-13-18(16)22(33)28(20(13)31)24(26)35/h3-4,6-7,11-13,16-18,29H,2,5,8H2,1H3,(H2,25,34)(H2,26,35). The van der Waals surface area contributed by atoms with Gasteiger partial charge >= 0.3 is 12.1 Å². The van der Waals surface area contributed by atoms with Gasteiger partial charge < -0.3 is 21.3 Å². The SMILES string of the molecule is CCOc1cc(C2C3=CCC4C(=O)N(C(N)=O)C(=O)C4C3CC3C(=O)N(C(N)=O)C(=O)C32)ccc1O. The lowest BCUT2D eigenvalue weighted by molar-refractivity contribution is -0.138. The molecule has 6 unspecified atom stereocenters. The van der Waals surface area contributed by atoms with Gasteiger partial charge in [-0.3, -0.25) is 19.2 Å². The molecule has 1 aromatic rings. The predicted octanol–water partition coefficient (Wildman–Crippen LogP) is 0.584. The maximum atomic E-state index is 13.3. The van der Waals surface area contributed by atoms with Gasteiger partial charge in [-0.2, -0.15) is 9.80 Å². The fourth-order valence-electron chi connectivity index (χ4n) is 6.39. The van der Waals surface area contributed by atoms with Gasteiger partial charge in [-0.15, -0.1) is 0 Å². The number of nitrogens with zero attached hydrogens (tertiary/aromatic N) is 2. The van der Waals surface area contributed by atoms with Crippen LogP contribution in [0.1, 0.15) is 31.2 Å². The van der Waals surface area contributed by atoms with Crippen molar-refractivity contribution in [3.05, 3.63) is 35.4 Å². The molecule has 0 spiro atoms. The van der Waals surface area contributed by atoms with E-state index < -0.39 is 71.2 Å². The number of hydrogen-bond donors (Lipinski definition) is 3. The van der Waals surface area contributed by atoms with Gasteiger partial charge in [0.25, 0.3) is 0 Å². The molecule has 1 saturated carbocycles. The number of aromatic hydroxyl groups is 1. The summed E-state index contributed by atoms with van der Waals surface area (Å²) in [5, 5.41) is 10.2. The van der Waals surface area contributed by atoms with Crippen molar-refractivity contribution in [2.24, 2.45) is 41.1 Å². The second-order valence-corrected chi connectivity index (χ2v) is 9.38. The lowest BCUT2D eigenvalue weighted by Gasteiger charge is -2.44. The number of carbonyl (C=O) groups excluding carboxylic acids is 6. The molecule has 5 rings (SSSR count). The van der Waals surface area contributed by atoms with Gasteiger partial charge in [0.05, 0.1) is 30.3 Å². The third-order valence-electron chi connectivity index (χ3n) is 7.73. The second-order valence-electron chi connectivity index (χ2n) is 9.38. The summed E-state index contributed by atoms with van der Waals surface area (Å²) >= 11 is 0. The van der Waals surface area contributed by atoms with E-state index in [1.54, 1.807) is 25.1 Å². The molecule has 5 N–H and O–H groups in total. The average Bonchev–Trinajstić information content (AvgIpc) is 3.23. The van der Waals surface area contributed by atoms with E-state index in [4.69, 9.17) is 16.2 Å². The van der Waals surface area contributed by atoms with Gasteiger partial charge in [0, 0.05) is 5.92 Å². The number of phenolic OH excluding ortho intramolecular Hbond substituents is 1. The number of likely N-dealkylation sites (tertiary alicyclic amines) is 2. The molecule has 8 amide bonds. The Bertz CT molecular complexity index is 1270. The van der Waals surface area contributed by atoms with Crippen LogP contribution in [-0.2, 0) is 19.2 Å². The molecule has 2 aliphatic carbocycles. The number of benzene rings is 1. The van der Waals surface area contributed by atoms with Crippen LogP contribution in [-0.4, -0.2) is 57.2 Å². The maximum absolute atomic E-state index is 13.3. The Balaban J connectivity index is 1.66. The van der Waals surface area contributed by atoms with E-state index in [0.717, 1.165) is 0 Å². The minimum Gasteiger partial charge on any atom is -0.504 e. The zero-order valence-electron chi connectivity index (χ0n) is 19.2. The van der Waals surface area contributed by atoms with E-state index in [9.17, 15) is 33.9 Å². The normalized spacial score (nSPS) is 31.1. The van der Waals surface area contributed by atoms with Crippen LogP contribution in [0, 0.1) is 29.6 Å². The minimum atomic E-state index is -1.19. The number of fused-ring (bicyclic) bond motifs is 4. The van der Waals surface area contributed by atoms with Crippen LogP contribution in [0.5, 0.6) is 11.5 Å². The summed E-state index contributed by atoms with van der Waals surface area (Å²) in [6.45, 7) is 1.99. The maximum Gasteiger partial charge on any atom is 0.328 e. The van der Waals surface area contributed by atoms with E-state index in [2.05, 4.69) is 0 Å². The molecule has 12 heteroatoms. The summed E-state index contributed by atoms with van der Waals surface area (Å²) in [6, 6.07) is 2.17. The zero-order chi connectivity index (χ0) is 26.0. The monoisotopic (exact) mass is 496 g/mol. The van der Waals surface area contributed by atoms with E-state index in [1.807, 2.05) is 0 Å².